The standard InChI is InChI=1S/C19H31N3O3.HI/c1-3-20-19(22-12-14-24-15-18-5-4-13-25-18)21-11-10-16-6-8-17(23-2)9-7-16;/h6-9,18H,3-5,10-15H2,1-2H3,(H2,20,21,22);1H. The van der Waals surface area contributed by atoms with Gasteiger partial charge in [0.05, 0.1) is 33.0 Å². The predicted molar refractivity (Wildman–Crippen MR) is 116 cm³/mol. The largest absolute Gasteiger partial charge is 0.497 e. The zero-order valence-electron chi connectivity index (χ0n) is 15.8. The van der Waals surface area contributed by atoms with Crippen LogP contribution in [0.25, 0.3) is 0 Å². The van der Waals surface area contributed by atoms with Gasteiger partial charge in [0.1, 0.15) is 5.75 Å². The van der Waals surface area contributed by atoms with Gasteiger partial charge in [-0.2, -0.15) is 0 Å². The molecule has 7 heteroatoms. The Hall–Kier alpha value is -1.06. The number of nitrogens with zero attached hydrogens (tertiary/aromatic N) is 1. The Kier molecular flexibility index (Phi) is 12.4. The number of hydrogen-bond acceptors (Lipinski definition) is 4. The van der Waals surface area contributed by atoms with Crippen molar-refractivity contribution in [2.75, 3.05) is 46.6 Å². The molecule has 0 aliphatic carbocycles. The molecule has 1 aromatic rings. The molecule has 1 aliphatic rings. The van der Waals surface area contributed by atoms with Gasteiger partial charge in [0, 0.05) is 19.7 Å². The number of ether oxygens (including phenoxy) is 3. The molecule has 0 saturated carbocycles. The van der Waals surface area contributed by atoms with Crippen molar-refractivity contribution in [3.05, 3.63) is 29.8 Å². The first-order chi connectivity index (χ1) is 12.3. The van der Waals surface area contributed by atoms with E-state index in [9.17, 15) is 0 Å². The average Bonchev–Trinajstić information content (AvgIpc) is 3.15. The number of nitrogens with one attached hydrogen (secondary N) is 2. The highest BCUT2D eigenvalue weighted by molar-refractivity contribution is 14.0. The van der Waals surface area contributed by atoms with Crippen LogP contribution in [0.1, 0.15) is 25.3 Å². The van der Waals surface area contributed by atoms with E-state index in [1.54, 1.807) is 7.11 Å². The summed E-state index contributed by atoms with van der Waals surface area (Å²) in [5.74, 6) is 1.71. The van der Waals surface area contributed by atoms with Crippen molar-refractivity contribution in [1.29, 1.82) is 0 Å². The van der Waals surface area contributed by atoms with Crippen LogP contribution in [0.15, 0.2) is 29.3 Å². The fraction of sp³-hybridized carbons (Fsp3) is 0.632. The summed E-state index contributed by atoms with van der Waals surface area (Å²) in [6, 6.07) is 8.15. The third kappa shape index (κ3) is 9.05. The van der Waals surface area contributed by atoms with E-state index in [1.807, 2.05) is 12.1 Å². The molecule has 1 aromatic carbocycles. The molecule has 2 N–H and O–H groups in total. The maximum absolute atomic E-state index is 5.64. The van der Waals surface area contributed by atoms with E-state index < -0.39 is 0 Å². The third-order valence-corrected chi connectivity index (χ3v) is 4.04. The molecular weight excluding hydrogens is 445 g/mol. The van der Waals surface area contributed by atoms with Gasteiger partial charge in [0.2, 0.25) is 0 Å². The topological polar surface area (TPSA) is 64.1 Å². The van der Waals surface area contributed by atoms with Crippen molar-refractivity contribution in [1.82, 2.24) is 10.6 Å². The van der Waals surface area contributed by atoms with E-state index in [0.29, 0.717) is 19.8 Å². The van der Waals surface area contributed by atoms with E-state index in [4.69, 9.17) is 14.2 Å². The second kappa shape index (κ2) is 14.1. The molecule has 26 heavy (non-hydrogen) atoms. The SMILES string of the molecule is CCNC(=NCCOCC1CCCO1)NCCc1ccc(OC)cc1.I. The molecule has 1 heterocycles. The number of aliphatic imine (C=N–C) groups is 1. The van der Waals surface area contributed by atoms with Crippen molar-refractivity contribution >= 4 is 29.9 Å². The summed E-state index contributed by atoms with van der Waals surface area (Å²) in [6.45, 7) is 6.54. The predicted octanol–water partition coefficient (Wildman–Crippen LogP) is 2.61. The minimum Gasteiger partial charge on any atom is -0.497 e. The van der Waals surface area contributed by atoms with Crippen LogP contribution in [-0.4, -0.2) is 58.6 Å². The molecule has 1 fully saturated rings. The minimum absolute atomic E-state index is 0. The molecule has 1 aliphatic heterocycles. The van der Waals surface area contributed by atoms with Crippen LogP contribution in [0, 0.1) is 0 Å². The number of methoxy groups -OCH3 is 1. The maximum atomic E-state index is 5.64. The zero-order valence-corrected chi connectivity index (χ0v) is 18.2. The first-order valence-electron chi connectivity index (χ1n) is 9.16. The van der Waals surface area contributed by atoms with E-state index >= 15 is 0 Å². The summed E-state index contributed by atoms with van der Waals surface area (Å²) in [5.41, 5.74) is 1.27. The fourth-order valence-electron chi connectivity index (χ4n) is 2.67. The summed E-state index contributed by atoms with van der Waals surface area (Å²) in [6.07, 6.45) is 3.47. The summed E-state index contributed by atoms with van der Waals surface area (Å²) < 4.78 is 16.4. The van der Waals surface area contributed by atoms with Crippen LogP contribution in [0.3, 0.4) is 0 Å². The smallest absolute Gasteiger partial charge is 0.191 e. The quantitative estimate of drug-likeness (QED) is 0.235. The molecule has 1 atom stereocenters. The number of guanidine groups is 1. The lowest BCUT2D eigenvalue weighted by molar-refractivity contribution is 0.0200. The van der Waals surface area contributed by atoms with E-state index in [0.717, 1.165) is 50.7 Å². The van der Waals surface area contributed by atoms with Crippen molar-refractivity contribution in [3.63, 3.8) is 0 Å². The molecule has 1 unspecified atom stereocenters. The fourth-order valence-corrected chi connectivity index (χ4v) is 2.67. The van der Waals surface area contributed by atoms with Gasteiger partial charge in [-0.3, -0.25) is 4.99 Å². The summed E-state index contributed by atoms with van der Waals surface area (Å²) >= 11 is 0. The van der Waals surface area contributed by atoms with Gasteiger partial charge >= 0.3 is 0 Å². The van der Waals surface area contributed by atoms with Crippen LogP contribution in [0.4, 0.5) is 0 Å². The third-order valence-electron chi connectivity index (χ3n) is 4.04. The van der Waals surface area contributed by atoms with Crippen molar-refractivity contribution in [2.24, 2.45) is 4.99 Å². The van der Waals surface area contributed by atoms with Crippen LogP contribution >= 0.6 is 24.0 Å². The lowest BCUT2D eigenvalue weighted by Gasteiger charge is -2.12. The van der Waals surface area contributed by atoms with Gasteiger partial charge in [0.25, 0.3) is 0 Å². The first-order valence-corrected chi connectivity index (χ1v) is 9.16. The average molecular weight is 477 g/mol. The highest BCUT2D eigenvalue weighted by Gasteiger charge is 2.14. The molecule has 0 radical (unpaired) electrons. The van der Waals surface area contributed by atoms with Crippen LogP contribution in [-0.2, 0) is 15.9 Å². The molecular formula is C19H32IN3O3. The van der Waals surface area contributed by atoms with Gasteiger partial charge in [-0.25, -0.2) is 0 Å². The van der Waals surface area contributed by atoms with Gasteiger partial charge in [-0.15, -0.1) is 24.0 Å². The maximum Gasteiger partial charge on any atom is 0.191 e. The van der Waals surface area contributed by atoms with Crippen LogP contribution < -0.4 is 15.4 Å². The van der Waals surface area contributed by atoms with Gasteiger partial charge < -0.3 is 24.8 Å². The van der Waals surface area contributed by atoms with Crippen molar-refractivity contribution in [3.8, 4) is 5.75 Å². The summed E-state index contributed by atoms with van der Waals surface area (Å²) in [5, 5.41) is 6.61. The minimum atomic E-state index is 0. The Morgan fingerprint density at radius 1 is 1.27 bits per heavy atom. The number of rotatable bonds is 10. The molecule has 6 nitrogen and oxygen atoms in total. The van der Waals surface area contributed by atoms with Crippen molar-refractivity contribution in [2.45, 2.75) is 32.3 Å². The first kappa shape index (κ1) is 23.0. The highest BCUT2D eigenvalue weighted by atomic mass is 127. The molecule has 0 amide bonds. The molecule has 148 valence electrons. The second-order valence-corrected chi connectivity index (χ2v) is 6.00. The van der Waals surface area contributed by atoms with E-state index in [1.165, 1.54) is 5.56 Å². The molecule has 2 rings (SSSR count). The number of benzene rings is 1. The second-order valence-electron chi connectivity index (χ2n) is 6.00. The van der Waals surface area contributed by atoms with E-state index in [2.05, 4.69) is 34.7 Å². The van der Waals surface area contributed by atoms with E-state index in [-0.39, 0.29) is 30.1 Å². The molecule has 1 saturated heterocycles. The van der Waals surface area contributed by atoms with Crippen LogP contribution in [0.5, 0.6) is 5.75 Å². The Bertz CT molecular complexity index is 505. The van der Waals surface area contributed by atoms with Gasteiger partial charge in [0.15, 0.2) is 5.96 Å². The Balaban J connectivity index is 0.00000338. The molecule has 0 spiro atoms. The van der Waals surface area contributed by atoms with Gasteiger partial charge in [-0.1, -0.05) is 12.1 Å². The monoisotopic (exact) mass is 477 g/mol. The number of hydrogen-bond donors (Lipinski definition) is 2. The number of halogens is 1. The highest BCUT2D eigenvalue weighted by Crippen LogP contribution is 2.12. The van der Waals surface area contributed by atoms with Crippen molar-refractivity contribution < 1.29 is 14.2 Å². The summed E-state index contributed by atoms with van der Waals surface area (Å²) in [4.78, 5) is 4.54. The summed E-state index contributed by atoms with van der Waals surface area (Å²) in [7, 11) is 1.68. The normalized spacial score (nSPS) is 16.8. The van der Waals surface area contributed by atoms with Crippen LogP contribution in [0.2, 0.25) is 0 Å². The Morgan fingerprint density at radius 2 is 2.08 bits per heavy atom. The molecule has 0 bridgehead atoms. The lowest BCUT2D eigenvalue weighted by Crippen LogP contribution is -2.38. The zero-order chi connectivity index (χ0) is 17.7. The lowest BCUT2D eigenvalue weighted by atomic mass is 10.1. The molecule has 0 aromatic heterocycles. The van der Waals surface area contributed by atoms with Gasteiger partial charge in [-0.05, 0) is 43.9 Å². The Morgan fingerprint density at radius 3 is 2.73 bits per heavy atom. The Labute approximate surface area is 174 Å².